The van der Waals surface area contributed by atoms with Gasteiger partial charge < -0.3 is 10.4 Å². The standard InChI is InChI=1S/C12H13BrClNO3/c1-7(12(17)18)15-11(16)9(13)6-8-4-2-3-5-10(8)14/h2-5,7,9H,6H2,1H3,(H,15,16)(H,17,18). The molecule has 0 saturated carbocycles. The van der Waals surface area contributed by atoms with E-state index in [2.05, 4.69) is 21.2 Å². The van der Waals surface area contributed by atoms with Crippen molar-refractivity contribution < 1.29 is 14.7 Å². The molecule has 0 aliphatic rings. The average molecular weight is 335 g/mol. The second-order valence-electron chi connectivity index (χ2n) is 3.83. The first kappa shape index (κ1) is 15.0. The fourth-order valence-electron chi connectivity index (χ4n) is 1.32. The van der Waals surface area contributed by atoms with Crippen molar-refractivity contribution in [3.05, 3.63) is 34.9 Å². The maximum atomic E-state index is 11.7. The van der Waals surface area contributed by atoms with Gasteiger partial charge in [-0.15, -0.1) is 0 Å². The van der Waals surface area contributed by atoms with Gasteiger partial charge in [0.05, 0.1) is 4.83 Å². The number of halogens is 2. The van der Waals surface area contributed by atoms with Gasteiger partial charge in [0.1, 0.15) is 6.04 Å². The van der Waals surface area contributed by atoms with Crippen molar-refractivity contribution in [1.82, 2.24) is 5.32 Å². The van der Waals surface area contributed by atoms with Crippen LogP contribution in [0.1, 0.15) is 12.5 Å². The number of aliphatic carboxylic acids is 1. The van der Waals surface area contributed by atoms with E-state index < -0.39 is 16.8 Å². The molecule has 0 aliphatic carbocycles. The van der Waals surface area contributed by atoms with Gasteiger partial charge in [-0.25, -0.2) is 0 Å². The number of carboxylic acids is 1. The van der Waals surface area contributed by atoms with Gasteiger partial charge in [0.25, 0.3) is 0 Å². The van der Waals surface area contributed by atoms with E-state index in [4.69, 9.17) is 16.7 Å². The summed E-state index contributed by atoms with van der Waals surface area (Å²) in [5.41, 5.74) is 0.833. The lowest BCUT2D eigenvalue weighted by molar-refractivity contribution is -0.141. The lowest BCUT2D eigenvalue weighted by Gasteiger charge is -2.14. The number of nitrogens with one attached hydrogen (secondary N) is 1. The first-order chi connectivity index (χ1) is 8.41. The highest BCUT2D eigenvalue weighted by Crippen LogP contribution is 2.19. The SMILES string of the molecule is CC(NC(=O)C(Br)Cc1ccccc1Cl)C(=O)O. The quantitative estimate of drug-likeness (QED) is 0.812. The van der Waals surface area contributed by atoms with Crippen LogP contribution in [0, 0.1) is 0 Å². The van der Waals surface area contributed by atoms with E-state index in [0.717, 1.165) is 5.56 Å². The fourth-order valence-corrected chi connectivity index (χ4v) is 2.01. The molecule has 0 radical (unpaired) electrons. The number of hydrogen-bond donors (Lipinski definition) is 2. The molecule has 0 bridgehead atoms. The Hall–Kier alpha value is -1.07. The Balaban J connectivity index is 2.60. The number of hydrogen-bond acceptors (Lipinski definition) is 2. The molecular weight excluding hydrogens is 321 g/mol. The molecule has 1 amide bonds. The number of carboxylic acid groups (broad SMARTS) is 1. The van der Waals surface area contributed by atoms with Crippen LogP contribution in [0.25, 0.3) is 0 Å². The molecule has 98 valence electrons. The summed E-state index contributed by atoms with van der Waals surface area (Å²) < 4.78 is 0. The Kier molecular flexibility index (Phi) is 5.62. The van der Waals surface area contributed by atoms with Crippen molar-refractivity contribution in [3.63, 3.8) is 0 Å². The van der Waals surface area contributed by atoms with Crippen LogP contribution in [-0.4, -0.2) is 27.9 Å². The highest BCUT2D eigenvalue weighted by molar-refractivity contribution is 9.10. The van der Waals surface area contributed by atoms with E-state index in [0.29, 0.717) is 11.4 Å². The minimum absolute atomic E-state index is 0.371. The van der Waals surface area contributed by atoms with Gasteiger partial charge in [0.15, 0.2) is 0 Å². The number of amides is 1. The summed E-state index contributed by atoms with van der Waals surface area (Å²) in [5.74, 6) is -1.44. The Morgan fingerprint density at radius 3 is 2.61 bits per heavy atom. The number of carbonyl (C=O) groups excluding carboxylic acids is 1. The number of benzene rings is 1. The zero-order valence-corrected chi connectivity index (χ0v) is 12.0. The summed E-state index contributed by atoms with van der Waals surface area (Å²) in [5, 5.41) is 11.7. The number of rotatable bonds is 5. The van der Waals surface area contributed by atoms with Crippen molar-refractivity contribution in [2.45, 2.75) is 24.2 Å². The summed E-state index contributed by atoms with van der Waals surface area (Å²) >= 11 is 9.21. The minimum Gasteiger partial charge on any atom is -0.480 e. The first-order valence-corrected chi connectivity index (χ1v) is 6.62. The van der Waals surface area contributed by atoms with Gasteiger partial charge in [0.2, 0.25) is 5.91 Å². The minimum atomic E-state index is -1.07. The zero-order valence-electron chi connectivity index (χ0n) is 9.69. The third-order valence-electron chi connectivity index (χ3n) is 2.37. The Labute approximate surface area is 118 Å². The second-order valence-corrected chi connectivity index (χ2v) is 5.34. The molecule has 0 aromatic heterocycles. The summed E-state index contributed by atoms with van der Waals surface area (Å²) in [6.45, 7) is 1.41. The molecule has 1 aromatic carbocycles. The molecule has 2 atom stereocenters. The fraction of sp³-hybridized carbons (Fsp3) is 0.333. The summed E-state index contributed by atoms with van der Waals surface area (Å²) in [7, 11) is 0. The van der Waals surface area contributed by atoms with E-state index in [1.807, 2.05) is 18.2 Å². The van der Waals surface area contributed by atoms with Gasteiger partial charge in [-0.1, -0.05) is 45.7 Å². The molecule has 0 aliphatic heterocycles. The molecule has 0 spiro atoms. The van der Waals surface area contributed by atoms with Gasteiger partial charge in [-0.2, -0.15) is 0 Å². The van der Waals surface area contributed by atoms with Crippen LogP contribution in [-0.2, 0) is 16.0 Å². The third kappa shape index (κ3) is 4.31. The van der Waals surface area contributed by atoms with Crippen LogP contribution in [0.15, 0.2) is 24.3 Å². The second kappa shape index (κ2) is 6.75. The third-order valence-corrected chi connectivity index (χ3v) is 3.48. The highest BCUT2D eigenvalue weighted by atomic mass is 79.9. The smallest absolute Gasteiger partial charge is 0.325 e. The molecule has 0 heterocycles. The summed E-state index contributed by atoms with van der Waals surface area (Å²) in [4.78, 5) is 21.8. The molecule has 6 heteroatoms. The Morgan fingerprint density at radius 2 is 2.06 bits per heavy atom. The van der Waals surface area contributed by atoms with Crippen LogP contribution in [0.2, 0.25) is 5.02 Å². The Morgan fingerprint density at radius 1 is 1.44 bits per heavy atom. The van der Waals surface area contributed by atoms with Crippen LogP contribution in [0.4, 0.5) is 0 Å². The van der Waals surface area contributed by atoms with Crippen LogP contribution < -0.4 is 5.32 Å². The molecule has 4 nitrogen and oxygen atoms in total. The van der Waals surface area contributed by atoms with Gasteiger partial charge in [-0.05, 0) is 25.0 Å². The molecule has 2 unspecified atom stereocenters. The Bertz CT molecular complexity index is 453. The van der Waals surface area contributed by atoms with Crippen molar-refractivity contribution in [1.29, 1.82) is 0 Å². The van der Waals surface area contributed by atoms with Gasteiger partial charge in [-0.3, -0.25) is 9.59 Å². The topological polar surface area (TPSA) is 66.4 Å². The van der Waals surface area contributed by atoms with Gasteiger partial charge in [0, 0.05) is 5.02 Å². The number of carbonyl (C=O) groups is 2. The molecule has 0 saturated heterocycles. The zero-order chi connectivity index (χ0) is 13.7. The molecule has 0 fully saturated rings. The predicted molar refractivity (Wildman–Crippen MR) is 73.1 cm³/mol. The lowest BCUT2D eigenvalue weighted by atomic mass is 10.1. The predicted octanol–water partition coefficient (Wildman–Crippen LogP) is 2.24. The van der Waals surface area contributed by atoms with E-state index in [1.54, 1.807) is 6.07 Å². The molecule has 2 N–H and O–H groups in total. The van der Waals surface area contributed by atoms with E-state index in [9.17, 15) is 9.59 Å². The normalized spacial score (nSPS) is 13.7. The highest BCUT2D eigenvalue weighted by Gasteiger charge is 2.21. The van der Waals surface area contributed by atoms with Crippen LogP contribution in [0.5, 0.6) is 0 Å². The van der Waals surface area contributed by atoms with Crippen molar-refractivity contribution in [2.75, 3.05) is 0 Å². The van der Waals surface area contributed by atoms with Crippen molar-refractivity contribution in [3.8, 4) is 0 Å². The van der Waals surface area contributed by atoms with E-state index >= 15 is 0 Å². The van der Waals surface area contributed by atoms with Gasteiger partial charge >= 0.3 is 5.97 Å². The molecular formula is C12H13BrClNO3. The lowest BCUT2D eigenvalue weighted by Crippen LogP contribution is -2.42. The molecule has 1 aromatic rings. The van der Waals surface area contributed by atoms with Crippen molar-refractivity contribution in [2.24, 2.45) is 0 Å². The largest absolute Gasteiger partial charge is 0.480 e. The maximum Gasteiger partial charge on any atom is 0.325 e. The summed E-state index contributed by atoms with van der Waals surface area (Å²) in [6.07, 6.45) is 0.401. The average Bonchev–Trinajstić information content (AvgIpc) is 2.31. The molecule has 18 heavy (non-hydrogen) atoms. The van der Waals surface area contributed by atoms with E-state index in [1.165, 1.54) is 6.92 Å². The van der Waals surface area contributed by atoms with Crippen LogP contribution >= 0.6 is 27.5 Å². The van der Waals surface area contributed by atoms with Crippen molar-refractivity contribution >= 4 is 39.4 Å². The first-order valence-electron chi connectivity index (χ1n) is 5.32. The maximum absolute atomic E-state index is 11.7. The molecule has 1 rings (SSSR count). The van der Waals surface area contributed by atoms with Crippen LogP contribution in [0.3, 0.4) is 0 Å². The number of alkyl halides is 1. The van der Waals surface area contributed by atoms with E-state index in [-0.39, 0.29) is 5.91 Å². The summed E-state index contributed by atoms with van der Waals surface area (Å²) in [6, 6.07) is 6.29. The monoisotopic (exact) mass is 333 g/mol.